The van der Waals surface area contributed by atoms with Crippen LogP contribution in [-0.2, 0) is 6.54 Å². The maximum Gasteiger partial charge on any atom is 0.269 e. The molecule has 0 aliphatic carbocycles. The van der Waals surface area contributed by atoms with Crippen molar-refractivity contribution in [1.29, 1.82) is 0 Å². The summed E-state index contributed by atoms with van der Waals surface area (Å²) in [7, 11) is 0. The molecule has 1 aromatic rings. The minimum atomic E-state index is -0.409. The van der Waals surface area contributed by atoms with Crippen molar-refractivity contribution < 1.29 is 10.0 Å². The van der Waals surface area contributed by atoms with Gasteiger partial charge in [-0.25, -0.2) is 4.99 Å². The molecule has 0 saturated carbocycles. The van der Waals surface area contributed by atoms with Gasteiger partial charge in [0.05, 0.1) is 11.5 Å². The van der Waals surface area contributed by atoms with Gasteiger partial charge in [0.15, 0.2) is 5.96 Å². The Balaban J connectivity index is 0.00000576. The van der Waals surface area contributed by atoms with Crippen LogP contribution in [0.15, 0.2) is 29.3 Å². The van der Waals surface area contributed by atoms with Gasteiger partial charge in [-0.15, -0.1) is 24.0 Å². The number of benzene rings is 1. The van der Waals surface area contributed by atoms with E-state index < -0.39 is 4.92 Å². The summed E-state index contributed by atoms with van der Waals surface area (Å²) in [6.07, 6.45) is 2.93. The quantitative estimate of drug-likeness (QED) is 0.163. The number of rotatable bonds is 10. The van der Waals surface area contributed by atoms with E-state index in [2.05, 4.69) is 22.5 Å². The van der Waals surface area contributed by atoms with Crippen molar-refractivity contribution in [3.63, 3.8) is 0 Å². The first-order valence-corrected chi connectivity index (χ1v) is 8.47. The van der Waals surface area contributed by atoms with Gasteiger partial charge in [0.2, 0.25) is 0 Å². The predicted octanol–water partition coefficient (Wildman–Crippen LogP) is 3.07. The molecule has 0 aliphatic heterocycles. The van der Waals surface area contributed by atoms with Gasteiger partial charge >= 0.3 is 0 Å². The van der Waals surface area contributed by atoms with Gasteiger partial charge in [0.1, 0.15) is 0 Å². The van der Waals surface area contributed by atoms with Crippen LogP contribution in [0.4, 0.5) is 5.69 Å². The highest BCUT2D eigenvalue weighted by Crippen LogP contribution is 2.12. The molecule has 1 aromatic carbocycles. The van der Waals surface area contributed by atoms with Crippen molar-refractivity contribution in [2.24, 2.45) is 10.9 Å². The SMILES string of the molecule is CCCC(CCO)CNC(=NCc1ccc([N+](=O)[O-])cc1)NCC.I. The Hall–Kier alpha value is -1.42. The summed E-state index contributed by atoms with van der Waals surface area (Å²) in [5.74, 6) is 1.14. The van der Waals surface area contributed by atoms with Crippen LogP contribution < -0.4 is 10.6 Å². The third kappa shape index (κ3) is 9.59. The molecule has 0 spiro atoms. The molecule has 0 aliphatic rings. The number of nitrogens with zero attached hydrogens (tertiary/aromatic N) is 2. The minimum Gasteiger partial charge on any atom is -0.396 e. The first-order chi connectivity index (χ1) is 11.6. The fourth-order valence-electron chi connectivity index (χ4n) is 2.42. The van der Waals surface area contributed by atoms with E-state index in [0.29, 0.717) is 12.5 Å². The fourth-order valence-corrected chi connectivity index (χ4v) is 2.42. The molecule has 0 fully saturated rings. The van der Waals surface area contributed by atoms with Crippen molar-refractivity contribution in [2.45, 2.75) is 39.7 Å². The highest BCUT2D eigenvalue weighted by atomic mass is 127. The average molecular weight is 464 g/mol. The molecule has 0 saturated heterocycles. The van der Waals surface area contributed by atoms with Crippen LogP contribution in [0.1, 0.15) is 38.7 Å². The zero-order valence-corrected chi connectivity index (χ0v) is 17.2. The molecule has 1 unspecified atom stereocenters. The molecule has 0 amide bonds. The molecule has 0 aromatic heterocycles. The standard InChI is InChI=1S/C17H28N4O3.HI/c1-3-5-14(10-11-22)12-19-17(18-4-2)20-13-15-6-8-16(9-7-15)21(23)24;/h6-9,14,22H,3-5,10-13H2,1-2H3,(H2,18,19,20);1H. The summed E-state index contributed by atoms with van der Waals surface area (Å²) in [6.45, 7) is 6.30. The molecular formula is C17H29IN4O3. The Labute approximate surface area is 166 Å². The summed E-state index contributed by atoms with van der Waals surface area (Å²) < 4.78 is 0. The van der Waals surface area contributed by atoms with Crippen molar-refractivity contribution in [3.05, 3.63) is 39.9 Å². The Morgan fingerprint density at radius 1 is 1.24 bits per heavy atom. The van der Waals surface area contributed by atoms with Crippen molar-refractivity contribution >= 4 is 35.6 Å². The van der Waals surface area contributed by atoms with E-state index in [0.717, 1.165) is 43.9 Å². The monoisotopic (exact) mass is 464 g/mol. The third-order valence-corrected chi connectivity index (χ3v) is 3.70. The summed E-state index contributed by atoms with van der Waals surface area (Å²) >= 11 is 0. The normalized spacial score (nSPS) is 12.2. The van der Waals surface area contributed by atoms with Crippen LogP contribution in [0.5, 0.6) is 0 Å². The van der Waals surface area contributed by atoms with Crippen LogP contribution in [0.3, 0.4) is 0 Å². The van der Waals surface area contributed by atoms with E-state index in [1.54, 1.807) is 12.1 Å². The van der Waals surface area contributed by atoms with E-state index in [1.807, 2.05) is 6.92 Å². The van der Waals surface area contributed by atoms with E-state index in [-0.39, 0.29) is 36.3 Å². The zero-order valence-electron chi connectivity index (χ0n) is 14.9. The Kier molecular flexibility index (Phi) is 13.0. The Morgan fingerprint density at radius 2 is 1.92 bits per heavy atom. The number of guanidine groups is 1. The number of nitrogens with one attached hydrogen (secondary N) is 2. The topological polar surface area (TPSA) is 99.8 Å². The number of aliphatic hydroxyl groups excluding tert-OH is 1. The first-order valence-electron chi connectivity index (χ1n) is 8.47. The molecule has 25 heavy (non-hydrogen) atoms. The summed E-state index contributed by atoms with van der Waals surface area (Å²) in [5, 5.41) is 26.3. The van der Waals surface area contributed by atoms with Gasteiger partial charge in [0.25, 0.3) is 5.69 Å². The molecule has 8 heteroatoms. The molecule has 0 bridgehead atoms. The van der Waals surface area contributed by atoms with E-state index in [4.69, 9.17) is 5.11 Å². The number of halogens is 1. The second-order valence-corrected chi connectivity index (χ2v) is 5.67. The maximum atomic E-state index is 10.7. The lowest BCUT2D eigenvalue weighted by Gasteiger charge is -2.18. The van der Waals surface area contributed by atoms with Gasteiger partial charge in [-0.1, -0.05) is 25.5 Å². The van der Waals surface area contributed by atoms with Gasteiger partial charge in [0, 0.05) is 31.8 Å². The number of nitro groups is 1. The predicted molar refractivity (Wildman–Crippen MR) is 111 cm³/mol. The van der Waals surface area contributed by atoms with Crippen molar-refractivity contribution in [1.82, 2.24) is 10.6 Å². The van der Waals surface area contributed by atoms with Crippen molar-refractivity contribution in [2.75, 3.05) is 19.7 Å². The van der Waals surface area contributed by atoms with Crippen LogP contribution >= 0.6 is 24.0 Å². The number of aliphatic hydroxyl groups is 1. The number of hydrogen-bond donors (Lipinski definition) is 3. The Morgan fingerprint density at radius 3 is 2.44 bits per heavy atom. The molecule has 3 N–H and O–H groups in total. The largest absolute Gasteiger partial charge is 0.396 e. The van der Waals surface area contributed by atoms with Crippen LogP contribution in [0, 0.1) is 16.0 Å². The van der Waals surface area contributed by atoms with Gasteiger partial charge in [-0.05, 0) is 31.2 Å². The Bertz CT molecular complexity index is 517. The highest BCUT2D eigenvalue weighted by Gasteiger charge is 2.08. The smallest absolute Gasteiger partial charge is 0.269 e. The second kappa shape index (κ2) is 13.8. The van der Waals surface area contributed by atoms with E-state index >= 15 is 0 Å². The van der Waals surface area contributed by atoms with E-state index in [9.17, 15) is 10.1 Å². The summed E-state index contributed by atoms with van der Waals surface area (Å²) in [4.78, 5) is 14.8. The molecule has 142 valence electrons. The number of aliphatic imine (C=N–C) groups is 1. The van der Waals surface area contributed by atoms with Crippen molar-refractivity contribution in [3.8, 4) is 0 Å². The number of hydrogen-bond acceptors (Lipinski definition) is 4. The van der Waals surface area contributed by atoms with Crippen LogP contribution in [0.2, 0.25) is 0 Å². The number of non-ortho nitro benzene ring substituents is 1. The van der Waals surface area contributed by atoms with Gasteiger partial charge in [-0.2, -0.15) is 0 Å². The summed E-state index contributed by atoms with van der Waals surface area (Å²) in [6, 6.07) is 6.42. The first kappa shape index (κ1) is 23.6. The molecular weight excluding hydrogens is 435 g/mol. The van der Waals surface area contributed by atoms with Gasteiger partial charge < -0.3 is 15.7 Å². The lowest BCUT2D eigenvalue weighted by molar-refractivity contribution is -0.384. The average Bonchev–Trinajstić information content (AvgIpc) is 2.58. The zero-order chi connectivity index (χ0) is 17.8. The second-order valence-electron chi connectivity index (χ2n) is 5.67. The third-order valence-electron chi connectivity index (χ3n) is 3.70. The van der Waals surface area contributed by atoms with Gasteiger partial charge in [-0.3, -0.25) is 10.1 Å². The van der Waals surface area contributed by atoms with Crippen LogP contribution in [-0.4, -0.2) is 35.7 Å². The summed E-state index contributed by atoms with van der Waals surface area (Å²) in [5.41, 5.74) is 0.998. The fraction of sp³-hybridized carbons (Fsp3) is 0.588. The maximum absolute atomic E-state index is 10.7. The minimum absolute atomic E-state index is 0. The molecule has 0 radical (unpaired) electrons. The van der Waals surface area contributed by atoms with Crippen LogP contribution in [0.25, 0.3) is 0 Å². The molecule has 1 atom stereocenters. The molecule has 0 heterocycles. The lowest BCUT2D eigenvalue weighted by Crippen LogP contribution is -2.40. The lowest BCUT2D eigenvalue weighted by atomic mass is 10.0. The highest BCUT2D eigenvalue weighted by molar-refractivity contribution is 14.0. The van der Waals surface area contributed by atoms with E-state index in [1.165, 1.54) is 12.1 Å². The molecule has 7 nitrogen and oxygen atoms in total. The molecule has 1 rings (SSSR count). The number of nitro benzene ring substituents is 1.